The summed E-state index contributed by atoms with van der Waals surface area (Å²) in [6.45, 7) is 2.61. The number of benzene rings is 2. The standard InChI is InChI=1S/C24H20N4OS3/c25-12-18-17-10-11-28(13-16-6-2-1-3-7-16)14-21(17)31-23(18)27-22(29)15-30-24-26-19-8-4-5-9-20(19)32-24/h1-9H,10-11,13-15H2,(H,27,29). The molecule has 32 heavy (non-hydrogen) atoms. The average molecular weight is 477 g/mol. The molecule has 2 aromatic heterocycles. The number of carbonyl (C=O) groups excluding carboxylic acids is 1. The summed E-state index contributed by atoms with van der Waals surface area (Å²) in [5, 5.41) is 13.4. The van der Waals surface area contributed by atoms with Crippen LogP contribution in [0.1, 0.15) is 21.6 Å². The molecular formula is C24H20N4OS3. The van der Waals surface area contributed by atoms with Gasteiger partial charge in [-0.3, -0.25) is 9.69 Å². The third-order valence-corrected chi connectivity index (χ3v) is 8.66. The Hall–Kier alpha value is -2.70. The number of nitriles is 1. The Bertz CT molecular complexity index is 1270. The van der Waals surface area contributed by atoms with Gasteiger partial charge < -0.3 is 5.32 Å². The van der Waals surface area contributed by atoms with Crippen molar-refractivity contribution in [2.45, 2.75) is 23.8 Å². The number of amides is 1. The number of fused-ring (bicyclic) bond motifs is 2. The molecule has 5 rings (SSSR count). The number of nitrogens with zero attached hydrogens (tertiary/aromatic N) is 3. The van der Waals surface area contributed by atoms with Crippen molar-refractivity contribution in [2.75, 3.05) is 17.6 Å². The summed E-state index contributed by atoms with van der Waals surface area (Å²) in [6, 6.07) is 20.7. The molecule has 4 aromatic rings. The molecule has 0 fully saturated rings. The van der Waals surface area contributed by atoms with Crippen LogP contribution in [0.2, 0.25) is 0 Å². The zero-order valence-corrected chi connectivity index (χ0v) is 19.7. The van der Waals surface area contributed by atoms with Gasteiger partial charge in [-0.05, 0) is 29.7 Å². The van der Waals surface area contributed by atoms with Crippen LogP contribution in [-0.2, 0) is 24.3 Å². The van der Waals surface area contributed by atoms with Crippen LogP contribution in [-0.4, -0.2) is 28.1 Å². The van der Waals surface area contributed by atoms with Gasteiger partial charge in [-0.25, -0.2) is 4.98 Å². The van der Waals surface area contributed by atoms with Crippen molar-refractivity contribution in [2.24, 2.45) is 0 Å². The number of hydrogen-bond acceptors (Lipinski definition) is 7. The van der Waals surface area contributed by atoms with E-state index in [9.17, 15) is 10.1 Å². The molecule has 2 aromatic carbocycles. The molecule has 1 N–H and O–H groups in total. The van der Waals surface area contributed by atoms with Crippen molar-refractivity contribution in [3.05, 3.63) is 76.2 Å². The largest absolute Gasteiger partial charge is 0.316 e. The molecule has 1 aliphatic heterocycles. The summed E-state index contributed by atoms with van der Waals surface area (Å²) >= 11 is 4.56. The lowest BCUT2D eigenvalue weighted by Gasteiger charge is -2.26. The lowest BCUT2D eigenvalue weighted by molar-refractivity contribution is -0.113. The molecule has 5 nitrogen and oxygen atoms in total. The molecular weight excluding hydrogens is 456 g/mol. The first-order valence-electron chi connectivity index (χ1n) is 10.3. The van der Waals surface area contributed by atoms with E-state index in [1.165, 1.54) is 33.5 Å². The van der Waals surface area contributed by atoms with Gasteiger partial charge in [0, 0.05) is 24.5 Å². The highest BCUT2D eigenvalue weighted by molar-refractivity contribution is 8.01. The number of thioether (sulfide) groups is 1. The van der Waals surface area contributed by atoms with Crippen molar-refractivity contribution < 1.29 is 4.79 Å². The molecule has 0 unspecified atom stereocenters. The predicted octanol–water partition coefficient (Wildman–Crippen LogP) is 5.52. The summed E-state index contributed by atoms with van der Waals surface area (Å²) in [6.07, 6.45) is 0.831. The number of para-hydroxylation sites is 1. The normalized spacial score (nSPS) is 13.6. The van der Waals surface area contributed by atoms with Crippen LogP contribution in [0.3, 0.4) is 0 Å². The Balaban J connectivity index is 1.24. The summed E-state index contributed by atoms with van der Waals surface area (Å²) in [7, 11) is 0. The Morgan fingerprint density at radius 2 is 1.97 bits per heavy atom. The van der Waals surface area contributed by atoms with Crippen LogP contribution in [0.25, 0.3) is 10.2 Å². The zero-order valence-electron chi connectivity index (χ0n) is 17.2. The quantitative estimate of drug-likeness (QED) is 0.371. The second-order valence-corrected chi connectivity index (χ2v) is 10.9. The fourth-order valence-electron chi connectivity index (χ4n) is 3.84. The van der Waals surface area contributed by atoms with Crippen molar-refractivity contribution in [1.82, 2.24) is 9.88 Å². The van der Waals surface area contributed by atoms with Crippen LogP contribution in [0.15, 0.2) is 58.9 Å². The first kappa shape index (κ1) is 21.2. The van der Waals surface area contributed by atoms with E-state index in [2.05, 4.69) is 45.5 Å². The van der Waals surface area contributed by atoms with Gasteiger partial charge in [0.25, 0.3) is 0 Å². The smallest absolute Gasteiger partial charge is 0.235 e. The molecule has 0 saturated heterocycles. The second-order valence-electron chi connectivity index (χ2n) is 7.55. The van der Waals surface area contributed by atoms with E-state index in [0.717, 1.165) is 46.2 Å². The van der Waals surface area contributed by atoms with Gasteiger partial charge in [0.15, 0.2) is 4.34 Å². The third kappa shape index (κ3) is 4.57. The number of rotatable bonds is 6. The molecule has 8 heteroatoms. The zero-order chi connectivity index (χ0) is 21.9. The number of nitrogens with one attached hydrogen (secondary N) is 1. The van der Waals surface area contributed by atoms with Gasteiger partial charge in [0.2, 0.25) is 5.91 Å². The van der Waals surface area contributed by atoms with Crippen molar-refractivity contribution in [3.8, 4) is 6.07 Å². The topological polar surface area (TPSA) is 69.0 Å². The molecule has 160 valence electrons. The number of anilines is 1. The molecule has 0 aliphatic carbocycles. The Morgan fingerprint density at radius 3 is 2.78 bits per heavy atom. The molecule has 1 aliphatic rings. The second kappa shape index (κ2) is 9.43. The van der Waals surface area contributed by atoms with Crippen molar-refractivity contribution >= 4 is 55.6 Å². The van der Waals surface area contributed by atoms with E-state index in [-0.39, 0.29) is 11.7 Å². The van der Waals surface area contributed by atoms with E-state index in [0.29, 0.717) is 10.6 Å². The SMILES string of the molecule is N#Cc1c(NC(=O)CSc2nc3ccccc3s2)sc2c1CCN(Cc1ccccc1)C2. The molecule has 0 atom stereocenters. The Labute approximate surface area is 198 Å². The van der Waals surface area contributed by atoms with E-state index < -0.39 is 0 Å². The fourth-order valence-corrected chi connectivity index (χ4v) is 6.97. The minimum absolute atomic E-state index is 0.106. The summed E-state index contributed by atoms with van der Waals surface area (Å²) in [5.74, 6) is 0.165. The Kier molecular flexibility index (Phi) is 6.23. The van der Waals surface area contributed by atoms with Gasteiger partial charge in [0.05, 0.1) is 21.5 Å². The van der Waals surface area contributed by atoms with E-state index in [4.69, 9.17) is 0 Å². The number of carbonyl (C=O) groups is 1. The number of thiophene rings is 1. The van der Waals surface area contributed by atoms with Gasteiger partial charge in [-0.1, -0.05) is 54.2 Å². The van der Waals surface area contributed by atoms with Crippen LogP contribution in [0.5, 0.6) is 0 Å². The molecule has 0 saturated carbocycles. The summed E-state index contributed by atoms with van der Waals surface area (Å²) in [4.78, 5) is 20.8. The molecule has 0 bridgehead atoms. The predicted molar refractivity (Wildman–Crippen MR) is 132 cm³/mol. The number of aromatic nitrogens is 1. The maximum Gasteiger partial charge on any atom is 0.235 e. The van der Waals surface area contributed by atoms with E-state index in [1.54, 1.807) is 11.3 Å². The van der Waals surface area contributed by atoms with Crippen LogP contribution >= 0.6 is 34.4 Å². The Morgan fingerprint density at radius 1 is 1.16 bits per heavy atom. The van der Waals surface area contributed by atoms with Crippen molar-refractivity contribution in [3.63, 3.8) is 0 Å². The highest BCUT2D eigenvalue weighted by Gasteiger charge is 2.25. The van der Waals surface area contributed by atoms with Gasteiger partial charge in [0.1, 0.15) is 11.1 Å². The van der Waals surface area contributed by atoms with Gasteiger partial charge in [-0.15, -0.1) is 22.7 Å². The molecule has 0 spiro atoms. The molecule has 1 amide bonds. The van der Waals surface area contributed by atoms with E-state index in [1.807, 2.05) is 30.3 Å². The van der Waals surface area contributed by atoms with E-state index >= 15 is 0 Å². The number of thiazole rings is 1. The highest BCUT2D eigenvalue weighted by Crippen LogP contribution is 2.37. The fraction of sp³-hybridized carbons (Fsp3) is 0.208. The summed E-state index contributed by atoms with van der Waals surface area (Å²) < 4.78 is 2.00. The maximum atomic E-state index is 12.6. The first-order valence-corrected chi connectivity index (χ1v) is 12.9. The lowest BCUT2D eigenvalue weighted by atomic mass is 10.0. The minimum atomic E-state index is -0.106. The first-order chi connectivity index (χ1) is 15.7. The maximum absolute atomic E-state index is 12.6. The van der Waals surface area contributed by atoms with Crippen molar-refractivity contribution in [1.29, 1.82) is 5.26 Å². The summed E-state index contributed by atoms with van der Waals surface area (Å²) in [5.41, 5.74) is 3.96. The van der Waals surface area contributed by atoms with Crippen LogP contribution in [0.4, 0.5) is 5.00 Å². The molecule has 0 radical (unpaired) electrons. The highest BCUT2D eigenvalue weighted by atomic mass is 32.2. The monoisotopic (exact) mass is 476 g/mol. The third-order valence-electron chi connectivity index (χ3n) is 5.35. The van der Waals surface area contributed by atoms with Gasteiger partial charge in [-0.2, -0.15) is 5.26 Å². The van der Waals surface area contributed by atoms with Crippen LogP contribution in [0, 0.1) is 11.3 Å². The average Bonchev–Trinajstić information content (AvgIpc) is 3.38. The molecule has 3 heterocycles. The van der Waals surface area contributed by atoms with Gasteiger partial charge >= 0.3 is 0 Å². The van der Waals surface area contributed by atoms with Crippen LogP contribution < -0.4 is 5.32 Å². The number of hydrogen-bond donors (Lipinski definition) is 1. The minimum Gasteiger partial charge on any atom is -0.316 e. The lowest BCUT2D eigenvalue weighted by Crippen LogP contribution is -2.29.